The van der Waals surface area contributed by atoms with E-state index < -0.39 is 0 Å². The summed E-state index contributed by atoms with van der Waals surface area (Å²) in [6, 6.07) is 0.568. The molecule has 0 amide bonds. The first-order chi connectivity index (χ1) is 5.16. The van der Waals surface area contributed by atoms with Crippen LogP contribution in [0.1, 0.15) is 20.8 Å². The Labute approximate surface area is 74.6 Å². The Morgan fingerprint density at radius 3 is 2.64 bits per heavy atom. The van der Waals surface area contributed by atoms with Gasteiger partial charge >= 0.3 is 0 Å². The van der Waals surface area contributed by atoms with Crippen molar-refractivity contribution in [2.24, 2.45) is 0 Å². The SMILES string of the molecule is C=C(CNC(C)C)CSCC. The molecule has 0 aliphatic rings. The fourth-order valence-electron chi connectivity index (χ4n) is 0.646. The number of hydrogen-bond acceptors (Lipinski definition) is 2. The lowest BCUT2D eigenvalue weighted by molar-refractivity contribution is 0.623. The molecule has 11 heavy (non-hydrogen) atoms. The van der Waals surface area contributed by atoms with E-state index in [0.29, 0.717) is 6.04 Å². The summed E-state index contributed by atoms with van der Waals surface area (Å²) in [5.41, 5.74) is 1.30. The van der Waals surface area contributed by atoms with E-state index in [1.165, 1.54) is 11.3 Å². The van der Waals surface area contributed by atoms with E-state index >= 15 is 0 Å². The molecule has 0 aliphatic heterocycles. The largest absolute Gasteiger partial charge is 0.311 e. The van der Waals surface area contributed by atoms with Crippen molar-refractivity contribution in [2.75, 3.05) is 18.1 Å². The number of hydrogen-bond donors (Lipinski definition) is 1. The first-order valence-corrected chi connectivity index (χ1v) is 5.30. The summed E-state index contributed by atoms with van der Waals surface area (Å²) in [5.74, 6) is 2.27. The fourth-order valence-corrected chi connectivity index (χ4v) is 1.24. The molecule has 2 heteroatoms. The van der Waals surface area contributed by atoms with Gasteiger partial charge in [-0.25, -0.2) is 0 Å². The molecule has 0 fully saturated rings. The van der Waals surface area contributed by atoms with Crippen molar-refractivity contribution in [2.45, 2.75) is 26.8 Å². The lowest BCUT2D eigenvalue weighted by Crippen LogP contribution is -2.25. The Balaban J connectivity index is 3.23. The Hall–Kier alpha value is 0.0500. The Morgan fingerprint density at radius 2 is 2.18 bits per heavy atom. The molecule has 0 heterocycles. The second-order valence-electron chi connectivity index (χ2n) is 2.92. The predicted octanol–water partition coefficient (Wildman–Crippen LogP) is 2.29. The zero-order valence-corrected chi connectivity index (χ0v) is 8.63. The zero-order chi connectivity index (χ0) is 8.69. The van der Waals surface area contributed by atoms with Crippen LogP contribution in [0.4, 0.5) is 0 Å². The van der Waals surface area contributed by atoms with Gasteiger partial charge in [-0.2, -0.15) is 11.8 Å². The van der Waals surface area contributed by atoms with Crippen LogP contribution in [0.3, 0.4) is 0 Å². The summed E-state index contributed by atoms with van der Waals surface area (Å²) >= 11 is 1.93. The molecule has 1 N–H and O–H groups in total. The molecule has 0 aromatic carbocycles. The first-order valence-electron chi connectivity index (χ1n) is 4.14. The maximum atomic E-state index is 3.98. The van der Waals surface area contributed by atoms with Gasteiger partial charge in [-0.05, 0) is 5.75 Å². The molecule has 0 unspecified atom stereocenters. The maximum absolute atomic E-state index is 3.98. The van der Waals surface area contributed by atoms with Crippen LogP contribution >= 0.6 is 11.8 Å². The monoisotopic (exact) mass is 173 g/mol. The standard InChI is InChI=1S/C9H19NS/c1-5-11-7-9(4)6-10-8(2)3/h8,10H,4-7H2,1-3H3. The normalized spacial score (nSPS) is 10.5. The topological polar surface area (TPSA) is 12.0 Å². The molecule has 66 valence electrons. The Bertz CT molecular complexity index is 110. The highest BCUT2D eigenvalue weighted by Gasteiger charge is 1.95. The third-order valence-corrected chi connectivity index (χ3v) is 2.29. The van der Waals surface area contributed by atoms with Gasteiger partial charge in [0.05, 0.1) is 0 Å². The highest BCUT2D eigenvalue weighted by atomic mass is 32.2. The van der Waals surface area contributed by atoms with Crippen LogP contribution in [0.2, 0.25) is 0 Å². The van der Waals surface area contributed by atoms with Gasteiger partial charge in [0, 0.05) is 18.3 Å². The lowest BCUT2D eigenvalue weighted by atomic mass is 10.3. The fraction of sp³-hybridized carbons (Fsp3) is 0.778. The van der Waals surface area contributed by atoms with Crippen LogP contribution in [-0.2, 0) is 0 Å². The van der Waals surface area contributed by atoms with Crippen LogP contribution in [0, 0.1) is 0 Å². The number of rotatable bonds is 6. The molecule has 0 atom stereocenters. The molecule has 1 nitrogen and oxygen atoms in total. The van der Waals surface area contributed by atoms with Crippen LogP contribution in [0.5, 0.6) is 0 Å². The first kappa shape index (κ1) is 11.1. The molecule has 0 bridgehead atoms. The maximum Gasteiger partial charge on any atom is 0.0172 e. The van der Waals surface area contributed by atoms with Crippen molar-refractivity contribution < 1.29 is 0 Å². The second-order valence-corrected chi connectivity index (χ2v) is 4.20. The van der Waals surface area contributed by atoms with Gasteiger partial charge in [0.25, 0.3) is 0 Å². The van der Waals surface area contributed by atoms with Gasteiger partial charge < -0.3 is 5.32 Å². The van der Waals surface area contributed by atoms with Crippen molar-refractivity contribution in [3.63, 3.8) is 0 Å². The third-order valence-electron chi connectivity index (χ3n) is 1.27. The number of nitrogens with one attached hydrogen (secondary N) is 1. The molecule has 0 saturated heterocycles. The smallest absolute Gasteiger partial charge is 0.0172 e. The Kier molecular flexibility index (Phi) is 6.77. The highest BCUT2D eigenvalue weighted by molar-refractivity contribution is 7.99. The average Bonchev–Trinajstić information content (AvgIpc) is 1.97. The lowest BCUT2D eigenvalue weighted by Gasteiger charge is -2.09. The minimum absolute atomic E-state index is 0.568. The van der Waals surface area contributed by atoms with E-state index in [1.54, 1.807) is 0 Å². The number of thioether (sulfide) groups is 1. The summed E-state index contributed by atoms with van der Waals surface area (Å²) < 4.78 is 0. The molecular formula is C9H19NS. The van der Waals surface area contributed by atoms with Crippen molar-refractivity contribution >= 4 is 11.8 Å². The molecule has 0 radical (unpaired) electrons. The molecule has 0 aromatic rings. The van der Waals surface area contributed by atoms with Gasteiger partial charge in [-0.3, -0.25) is 0 Å². The summed E-state index contributed by atoms with van der Waals surface area (Å²) in [5, 5.41) is 3.34. The van der Waals surface area contributed by atoms with Crippen LogP contribution in [0.25, 0.3) is 0 Å². The van der Waals surface area contributed by atoms with Crippen molar-refractivity contribution in [3.8, 4) is 0 Å². The van der Waals surface area contributed by atoms with Crippen LogP contribution in [0.15, 0.2) is 12.2 Å². The van der Waals surface area contributed by atoms with E-state index in [0.717, 1.165) is 12.3 Å². The van der Waals surface area contributed by atoms with Gasteiger partial charge in [0.1, 0.15) is 0 Å². The molecule has 0 spiro atoms. The quantitative estimate of drug-likeness (QED) is 0.619. The predicted molar refractivity (Wildman–Crippen MR) is 55.3 cm³/mol. The summed E-state index contributed by atoms with van der Waals surface area (Å²) in [4.78, 5) is 0. The van der Waals surface area contributed by atoms with Gasteiger partial charge in [0.15, 0.2) is 0 Å². The third kappa shape index (κ3) is 7.95. The van der Waals surface area contributed by atoms with E-state index in [4.69, 9.17) is 0 Å². The van der Waals surface area contributed by atoms with Gasteiger partial charge in [-0.15, -0.1) is 0 Å². The van der Waals surface area contributed by atoms with E-state index in [1.807, 2.05) is 11.8 Å². The molecule has 0 saturated carbocycles. The summed E-state index contributed by atoms with van der Waals surface area (Å²) in [6.45, 7) is 11.4. The minimum Gasteiger partial charge on any atom is -0.311 e. The van der Waals surface area contributed by atoms with Gasteiger partial charge in [-0.1, -0.05) is 32.9 Å². The van der Waals surface area contributed by atoms with Crippen molar-refractivity contribution in [1.29, 1.82) is 0 Å². The van der Waals surface area contributed by atoms with E-state index in [9.17, 15) is 0 Å². The summed E-state index contributed by atoms with van der Waals surface area (Å²) in [6.07, 6.45) is 0. The van der Waals surface area contributed by atoms with Crippen molar-refractivity contribution in [1.82, 2.24) is 5.32 Å². The minimum atomic E-state index is 0.568. The van der Waals surface area contributed by atoms with E-state index in [2.05, 4.69) is 32.7 Å². The molecule has 0 rings (SSSR count). The summed E-state index contributed by atoms with van der Waals surface area (Å²) in [7, 11) is 0. The second kappa shape index (κ2) is 6.74. The average molecular weight is 173 g/mol. The van der Waals surface area contributed by atoms with Crippen molar-refractivity contribution in [3.05, 3.63) is 12.2 Å². The Morgan fingerprint density at radius 1 is 1.55 bits per heavy atom. The van der Waals surface area contributed by atoms with Gasteiger partial charge in [0.2, 0.25) is 0 Å². The molecule has 0 aromatic heterocycles. The molecular weight excluding hydrogens is 154 g/mol. The molecule has 0 aliphatic carbocycles. The van der Waals surface area contributed by atoms with E-state index in [-0.39, 0.29) is 0 Å². The highest BCUT2D eigenvalue weighted by Crippen LogP contribution is 2.04. The zero-order valence-electron chi connectivity index (χ0n) is 7.81. The van der Waals surface area contributed by atoms with Crippen LogP contribution in [-0.4, -0.2) is 24.1 Å². The van der Waals surface area contributed by atoms with Crippen LogP contribution < -0.4 is 5.32 Å².